The monoisotopic (exact) mass is 521 g/mol. The summed E-state index contributed by atoms with van der Waals surface area (Å²) < 4.78 is 31.6. The molecule has 0 aliphatic rings. The Balaban J connectivity index is 2.05. The first-order chi connectivity index (χ1) is 12.4. The van der Waals surface area contributed by atoms with E-state index in [-0.39, 0.29) is 5.75 Å². The van der Waals surface area contributed by atoms with E-state index in [2.05, 4.69) is 2.59 Å². The molecule has 3 rings (SSSR count). The van der Waals surface area contributed by atoms with Gasteiger partial charge >= 0.3 is 171 Å². The van der Waals surface area contributed by atoms with Gasteiger partial charge < -0.3 is 0 Å². The van der Waals surface area contributed by atoms with Crippen LogP contribution in [0.2, 0.25) is 10.0 Å². The van der Waals surface area contributed by atoms with Gasteiger partial charge in [-0.05, 0) is 0 Å². The molecule has 0 unspecified atom stereocenters. The molecular weight excluding hydrogens is 505 g/mol. The Morgan fingerprint density at radius 2 is 1.19 bits per heavy atom. The third-order valence-electron chi connectivity index (χ3n) is 3.45. The molecule has 7 heteroatoms. The van der Waals surface area contributed by atoms with Gasteiger partial charge in [-0.2, -0.15) is 0 Å². The quantitative estimate of drug-likeness (QED) is 0.480. The Morgan fingerprint density at radius 1 is 0.731 bits per heavy atom. The molecule has 0 spiro atoms. The summed E-state index contributed by atoms with van der Waals surface area (Å²) in [4.78, 5) is 0. The molecular formula is C19H15Cl2NO2STe. The molecule has 0 atom stereocenters. The van der Waals surface area contributed by atoms with E-state index in [9.17, 15) is 8.42 Å². The van der Waals surface area contributed by atoms with Gasteiger partial charge in [0.2, 0.25) is 0 Å². The molecule has 3 nitrogen and oxygen atoms in total. The molecule has 0 amide bonds. The Kier molecular flexibility index (Phi) is 6.50. The molecule has 26 heavy (non-hydrogen) atoms. The van der Waals surface area contributed by atoms with Crippen LogP contribution in [0.25, 0.3) is 0 Å². The molecule has 0 fully saturated rings. The summed E-state index contributed by atoms with van der Waals surface area (Å²) in [6.45, 7) is 0. The average molecular weight is 520 g/mol. The summed E-state index contributed by atoms with van der Waals surface area (Å²) in [6, 6.07) is 23.6. The van der Waals surface area contributed by atoms with E-state index in [0.717, 1.165) is 12.8 Å². The maximum atomic E-state index is 12.7. The van der Waals surface area contributed by atoms with Crippen molar-refractivity contribution < 1.29 is 8.42 Å². The molecule has 3 aromatic carbocycles. The Hall–Kier alpha value is -1.22. The second-order valence-electron chi connectivity index (χ2n) is 5.48. The zero-order valence-corrected chi connectivity index (χ0v) is 18.2. The van der Waals surface area contributed by atoms with E-state index in [4.69, 9.17) is 23.2 Å². The fraction of sp³-hybridized carbons (Fsp3) is 0.0526. The summed E-state index contributed by atoms with van der Waals surface area (Å²) >= 11 is 9.24. The molecule has 0 radical (unpaired) electrons. The predicted octanol–water partition coefficient (Wildman–Crippen LogP) is 3.90. The third-order valence-corrected chi connectivity index (χ3v) is 12.4. The SMILES string of the molecule is O=S(=O)(Cc1ccccc1)N=[Te](c1ccc(Cl)cc1)c1ccc(Cl)cc1. The van der Waals surface area contributed by atoms with Crippen molar-refractivity contribution in [2.75, 3.05) is 0 Å². The van der Waals surface area contributed by atoms with Crippen LogP contribution in [-0.4, -0.2) is 27.8 Å². The second-order valence-corrected chi connectivity index (χ2v) is 13.5. The molecule has 0 N–H and O–H groups in total. The van der Waals surface area contributed by atoms with Crippen molar-refractivity contribution >= 4 is 59.8 Å². The fourth-order valence-electron chi connectivity index (χ4n) is 2.27. The Morgan fingerprint density at radius 3 is 1.65 bits per heavy atom. The van der Waals surface area contributed by atoms with Crippen LogP contribution in [0.3, 0.4) is 0 Å². The summed E-state index contributed by atoms with van der Waals surface area (Å²) in [6.07, 6.45) is 0. The van der Waals surface area contributed by atoms with E-state index in [1.54, 1.807) is 36.4 Å². The number of halogens is 2. The van der Waals surface area contributed by atoms with E-state index < -0.39 is 29.4 Å². The van der Waals surface area contributed by atoms with Crippen molar-refractivity contribution in [3.05, 3.63) is 94.5 Å². The third kappa shape index (κ3) is 5.39. The summed E-state index contributed by atoms with van der Waals surface area (Å²) in [5, 5.41) is 1.21. The van der Waals surface area contributed by atoms with Gasteiger partial charge in [0, 0.05) is 0 Å². The summed E-state index contributed by atoms with van der Waals surface area (Å²) in [7, 11) is -3.62. The zero-order valence-electron chi connectivity index (χ0n) is 13.5. The summed E-state index contributed by atoms with van der Waals surface area (Å²) in [5.41, 5.74) is 0.724. The van der Waals surface area contributed by atoms with Gasteiger partial charge in [-0.3, -0.25) is 0 Å². The van der Waals surface area contributed by atoms with Gasteiger partial charge in [0.25, 0.3) is 0 Å². The van der Waals surface area contributed by atoms with Crippen LogP contribution in [0.5, 0.6) is 0 Å². The van der Waals surface area contributed by atoms with Gasteiger partial charge in [-0.15, -0.1) is 0 Å². The van der Waals surface area contributed by atoms with Crippen LogP contribution in [0.4, 0.5) is 0 Å². The van der Waals surface area contributed by atoms with Gasteiger partial charge in [0.15, 0.2) is 0 Å². The van der Waals surface area contributed by atoms with Crippen LogP contribution in [0.15, 0.2) is 81.5 Å². The topological polar surface area (TPSA) is 46.5 Å². The Bertz CT molecular complexity index is 972. The second kappa shape index (κ2) is 8.65. The molecule has 0 bridgehead atoms. The predicted molar refractivity (Wildman–Crippen MR) is 109 cm³/mol. The first kappa shape index (κ1) is 19.5. The molecule has 3 aromatic rings. The van der Waals surface area contributed by atoms with Crippen LogP contribution >= 0.6 is 23.2 Å². The number of benzene rings is 3. The molecule has 134 valence electrons. The molecule has 0 saturated carbocycles. The van der Waals surface area contributed by atoms with Crippen molar-refractivity contribution in [3.8, 4) is 0 Å². The minimum absolute atomic E-state index is 0.105. The number of rotatable bonds is 5. The maximum absolute atomic E-state index is 12.7. The normalized spacial score (nSPS) is 11.5. The molecule has 0 heterocycles. The van der Waals surface area contributed by atoms with Gasteiger partial charge in [-0.1, -0.05) is 0 Å². The van der Waals surface area contributed by atoms with Crippen LogP contribution in [0, 0.1) is 0 Å². The standard InChI is InChI=1S/C19H15Cl2NO2STe/c20-16-6-10-18(11-7-16)26(19-12-8-17(21)9-13-19)22-25(23,24)14-15-4-2-1-3-5-15/h1-13H,14H2. The molecule has 0 aliphatic carbocycles. The van der Waals surface area contributed by atoms with Crippen molar-refractivity contribution in [1.29, 1.82) is 0 Å². The van der Waals surface area contributed by atoms with Gasteiger partial charge in [0.1, 0.15) is 0 Å². The molecule has 0 saturated heterocycles. The van der Waals surface area contributed by atoms with Gasteiger partial charge in [-0.25, -0.2) is 0 Å². The van der Waals surface area contributed by atoms with E-state index in [1.165, 1.54) is 0 Å². The van der Waals surface area contributed by atoms with Gasteiger partial charge in [0.05, 0.1) is 0 Å². The number of hydrogen-bond donors (Lipinski definition) is 0. The summed E-state index contributed by atoms with van der Waals surface area (Å²) in [5.74, 6) is -0.105. The Labute approximate surface area is 170 Å². The number of nitrogens with zero attached hydrogens (tertiary/aromatic N) is 1. The van der Waals surface area contributed by atoms with Crippen LogP contribution < -0.4 is 7.22 Å². The number of sulfonamides is 1. The fourth-order valence-corrected chi connectivity index (χ4v) is 10.5. The van der Waals surface area contributed by atoms with E-state index in [1.807, 2.05) is 42.5 Å². The first-order valence-electron chi connectivity index (χ1n) is 7.68. The van der Waals surface area contributed by atoms with Crippen LogP contribution in [0.1, 0.15) is 5.56 Å². The molecule has 0 aliphatic heterocycles. The molecule has 0 aromatic heterocycles. The average Bonchev–Trinajstić information content (AvgIpc) is 2.62. The zero-order chi connectivity index (χ0) is 18.6. The van der Waals surface area contributed by atoms with Crippen molar-refractivity contribution in [3.63, 3.8) is 0 Å². The van der Waals surface area contributed by atoms with Crippen LogP contribution in [-0.2, 0) is 15.8 Å². The van der Waals surface area contributed by atoms with Crippen molar-refractivity contribution in [2.45, 2.75) is 5.75 Å². The minimum atomic E-state index is -3.62. The number of hydrogen-bond acceptors (Lipinski definition) is 2. The van der Waals surface area contributed by atoms with E-state index in [0.29, 0.717) is 10.0 Å². The van der Waals surface area contributed by atoms with E-state index >= 15 is 0 Å². The van der Waals surface area contributed by atoms with Crippen molar-refractivity contribution in [1.82, 2.24) is 0 Å². The van der Waals surface area contributed by atoms with Crippen molar-refractivity contribution in [2.24, 2.45) is 2.59 Å². The first-order valence-corrected chi connectivity index (χ1v) is 13.4.